The first kappa shape index (κ1) is 21.5. The summed E-state index contributed by atoms with van der Waals surface area (Å²) in [5, 5.41) is 17.4. The maximum absolute atomic E-state index is 10.8. The highest BCUT2D eigenvalue weighted by atomic mass is 16.3. The summed E-state index contributed by atoms with van der Waals surface area (Å²) >= 11 is 0. The van der Waals surface area contributed by atoms with Gasteiger partial charge < -0.3 is 20.2 Å². The quantitative estimate of drug-likeness (QED) is 0.470. The average Bonchev–Trinajstić information content (AvgIpc) is 2.90. The lowest BCUT2D eigenvalue weighted by molar-refractivity contribution is 0.0657. The zero-order valence-corrected chi connectivity index (χ0v) is 16.9. The van der Waals surface area contributed by atoms with Gasteiger partial charge in [0.2, 0.25) is 0 Å². The van der Waals surface area contributed by atoms with Gasteiger partial charge in [0.05, 0.1) is 6.54 Å². The van der Waals surface area contributed by atoms with E-state index in [1.165, 1.54) is 0 Å². The minimum Gasteiger partial charge on any atom is -0.466 e. The fourth-order valence-electron chi connectivity index (χ4n) is 3.05. The highest BCUT2D eigenvalue weighted by molar-refractivity contribution is 5.79. The van der Waals surface area contributed by atoms with Crippen molar-refractivity contribution in [2.24, 2.45) is 4.99 Å². The van der Waals surface area contributed by atoms with E-state index in [9.17, 15) is 5.11 Å². The fourth-order valence-corrected chi connectivity index (χ4v) is 3.05. The smallest absolute Gasteiger partial charge is 0.191 e. The number of likely N-dealkylation sites (N-methyl/N-ethyl adjacent to an activating group) is 1. The number of nitrogens with zero attached hydrogens (tertiary/aromatic N) is 2. The number of hydrogen-bond donors (Lipinski definition) is 3. The maximum atomic E-state index is 10.8. The molecular formula is C19H36N4O2. The molecule has 0 bridgehead atoms. The number of furan rings is 1. The van der Waals surface area contributed by atoms with Gasteiger partial charge in [0, 0.05) is 24.7 Å². The molecule has 2 atom stereocenters. The summed E-state index contributed by atoms with van der Waals surface area (Å²) in [6.45, 7) is 18.0. The first-order chi connectivity index (χ1) is 11.7. The molecule has 0 aliphatic rings. The van der Waals surface area contributed by atoms with Crippen LogP contribution in [0.5, 0.6) is 0 Å². The Bertz CT molecular complexity index is 548. The van der Waals surface area contributed by atoms with Crippen molar-refractivity contribution in [3.63, 3.8) is 0 Å². The monoisotopic (exact) mass is 352 g/mol. The fraction of sp³-hybridized carbons (Fsp3) is 0.737. The third-order valence-corrected chi connectivity index (χ3v) is 4.51. The summed E-state index contributed by atoms with van der Waals surface area (Å²) in [4.78, 5) is 6.97. The van der Waals surface area contributed by atoms with Crippen LogP contribution in [-0.2, 0) is 5.60 Å². The molecule has 0 fully saturated rings. The predicted octanol–water partition coefficient (Wildman–Crippen LogP) is 2.39. The standard InChI is InChI=1S/C19H36N4O2/c1-8-20-18(21-12-14(4)23(9-2)10-3)22-13-19(7,24)17-11-15(5)25-16(17)6/h11,14,24H,8-10,12-13H2,1-7H3,(H2,20,21,22). The minimum absolute atomic E-state index is 0.266. The van der Waals surface area contributed by atoms with Crippen LogP contribution in [0.25, 0.3) is 0 Å². The van der Waals surface area contributed by atoms with Crippen molar-refractivity contribution in [1.82, 2.24) is 15.5 Å². The van der Waals surface area contributed by atoms with Crippen molar-refractivity contribution in [2.75, 3.05) is 32.7 Å². The van der Waals surface area contributed by atoms with Crippen LogP contribution in [0, 0.1) is 13.8 Å². The van der Waals surface area contributed by atoms with Gasteiger partial charge in [0.25, 0.3) is 0 Å². The Balaban J connectivity index is 2.76. The zero-order valence-electron chi connectivity index (χ0n) is 16.9. The highest BCUT2D eigenvalue weighted by Gasteiger charge is 2.27. The third kappa shape index (κ3) is 6.36. The molecule has 6 nitrogen and oxygen atoms in total. The average molecular weight is 353 g/mol. The Morgan fingerprint density at radius 3 is 2.40 bits per heavy atom. The van der Waals surface area contributed by atoms with Gasteiger partial charge in [-0.15, -0.1) is 0 Å². The van der Waals surface area contributed by atoms with Crippen LogP contribution >= 0.6 is 0 Å². The highest BCUT2D eigenvalue weighted by Crippen LogP contribution is 2.27. The van der Waals surface area contributed by atoms with Crippen LogP contribution in [-0.4, -0.2) is 54.7 Å². The van der Waals surface area contributed by atoms with Crippen LogP contribution in [0.1, 0.15) is 51.7 Å². The molecule has 0 amide bonds. The van der Waals surface area contributed by atoms with Crippen molar-refractivity contribution in [3.05, 3.63) is 23.2 Å². The van der Waals surface area contributed by atoms with Gasteiger partial charge in [-0.2, -0.15) is 0 Å². The molecule has 0 saturated heterocycles. The molecule has 0 aliphatic heterocycles. The topological polar surface area (TPSA) is 73.0 Å². The van der Waals surface area contributed by atoms with Gasteiger partial charge in [0.15, 0.2) is 5.96 Å². The van der Waals surface area contributed by atoms with Gasteiger partial charge >= 0.3 is 0 Å². The van der Waals surface area contributed by atoms with Crippen molar-refractivity contribution in [1.29, 1.82) is 0 Å². The van der Waals surface area contributed by atoms with Crippen LogP contribution < -0.4 is 10.6 Å². The van der Waals surface area contributed by atoms with E-state index in [-0.39, 0.29) is 6.54 Å². The molecule has 1 rings (SSSR count). The van der Waals surface area contributed by atoms with Crippen molar-refractivity contribution < 1.29 is 9.52 Å². The first-order valence-electron chi connectivity index (χ1n) is 9.31. The summed E-state index contributed by atoms with van der Waals surface area (Å²) < 4.78 is 5.54. The van der Waals surface area contributed by atoms with E-state index in [0.717, 1.165) is 49.2 Å². The molecule has 0 aliphatic carbocycles. The van der Waals surface area contributed by atoms with Gasteiger partial charge in [-0.3, -0.25) is 4.90 Å². The lowest BCUT2D eigenvalue weighted by Crippen LogP contribution is -2.46. The molecule has 0 aromatic carbocycles. The van der Waals surface area contributed by atoms with E-state index < -0.39 is 5.60 Å². The van der Waals surface area contributed by atoms with Gasteiger partial charge in [-0.1, -0.05) is 13.8 Å². The molecule has 0 radical (unpaired) electrons. The van der Waals surface area contributed by atoms with E-state index in [0.29, 0.717) is 6.04 Å². The molecule has 0 saturated carbocycles. The Hall–Kier alpha value is -1.53. The van der Waals surface area contributed by atoms with Gasteiger partial charge in [-0.05, 0) is 53.8 Å². The SMILES string of the molecule is CCNC(=NCC(C)(O)c1cc(C)oc1C)NCC(C)N(CC)CC. The molecule has 1 aromatic heterocycles. The summed E-state index contributed by atoms with van der Waals surface area (Å²) in [5.41, 5.74) is -0.268. The molecule has 2 unspecified atom stereocenters. The summed E-state index contributed by atoms with van der Waals surface area (Å²) in [6.07, 6.45) is 0. The number of aryl methyl sites for hydroxylation is 2. The number of rotatable bonds is 9. The summed E-state index contributed by atoms with van der Waals surface area (Å²) in [6, 6.07) is 2.30. The second-order valence-corrected chi connectivity index (χ2v) is 6.75. The van der Waals surface area contributed by atoms with Gasteiger partial charge in [-0.25, -0.2) is 4.99 Å². The van der Waals surface area contributed by atoms with Crippen LogP contribution in [0.15, 0.2) is 15.5 Å². The zero-order chi connectivity index (χ0) is 19.0. The maximum Gasteiger partial charge on any atom is 0.191 e. The third-order valence-electron chi connectivity index (χ3n) is 4.51. The lowest BCUT2D eigenvalue weighted by Gasteiger charge is -2.27. The molecule has 1 aromatic rings. The van der Waals surface area contributed by atoms with Crippen molar-refractivity contribution in [3.8, 4) is 0 Å². The number of nitrogens with one attached hydrogen (secondary N) is 2. The number of hydrogen-bond acceptors (Lipinski definition) is 4. The number of guanidine groups is 1. The Labute approximate surface area is 152 Å². The van der Waals surface area contributed by atoms with Crippen molar-refractivity contribution in [2.45, 2.75) is 60.1 Å². The number of aliphatic imine (C=N–C) groups is 1. The van der Waals surface area contributed by atoms with E-state index in [4.69, 9.17) is 4.42 Å². The molecule has 25 heavy (non-hydrogen) atoms. The van der Waals surface area contributed by atoms with Crippen molar-refractivity contribution >= 4 is 5.96 Å². The minimum atomic E-state index is -1.06. The normalized spacial score (nSPS) is 16.0. The summed E-state index contributed by atoms with van der Waals surface area (Å²) in [5.74, 6) is 2.26. The first-order valence-corrected chi connectivity index (χ1v) is 9.31. The molecule has 144 valence electrons. The van der Waals surface area contributed by atoms with Crippen LogP contribution in [0.3, 0.4) is 0 Å². The molecule has 1 heterocycles. The second-order valence-electron chi connectivity index (χ2n) is 6.75. The molecule has 3 N–H and O–H groups in total. The Kier molecular flexibility index (Phi) is 8.45. The second kappa shape index (κ2) is 9.82. The van der Waals surface area contributed by atoms with Crippen LogP contribution in [0.2, 0.25) is 0 Å². The Morgan fingerprint density at radius 2 is 1.92 bits per heavy atom. The van der Waals surface area contributed by atoms with Gasteiger partial charge in [0.1, 0.15) is 17.1 Å². The number of aliphatic hydroxyl groups is 1. The van der Waals surface area contributed by atoms with E-state index in [1.807, 2.05) is 26.8 Å². The van der Waals surface area contributed by atoms with Crippen LogP contribution in [0.4, 0.5) is 0 Å². The largest absolute Gasteiger partial charge is 0.466 e. The summed E-state index contributed by atoms with van der Waals surface area (Å²) in [7, 11) is 0. The van der Waals surface area contributed by atoms with E-state index in [2.05, 4.69) is 41.3 Å². The lowest BCUT2D eigenvalue weighted by atomic mass is 9.96. The molecular weight excluding hydrogens is 316 g/mol. The van der Waals surface area contributed by atoms with E-state index in [1.54, 1.807) is 6.92 Å². The van der Waals surface area contributed by atoms with E-state index >= 15 is 0 Å². The molecule has 6 heteroatoms. The Morgan fingerprint density at radius 1 is 1.28 bits per heavy atom. The predicted molar refractivity (Wildman–Crippen MR) is 104 cm³/mol. The molecule has 0 spiro atoms.